The van der Waals surface area contributed by atoms with Crippen LogP contribution in [0.25, 0.3) is 0 Å². The number of hydrogen-bond donors (Lipinski definition) is 2. The molecule has 0 amide bonds. The maximum atomic E-state index is 13.9. The molecule has 1 aromatic heterocycles. The lowest BCUT2D eigenvalue weighted by Gasteiger charge is -2.20. The Bertz CT molecular complexity index is 885. The standard InChI is InChI=1S/C20H24FN5O3.HI/c1-22-20(24-8-10-27-15-4-5-17-18(11-15)29-13-28-17)25-14-6-9-26(12-14)19-16(21)3-2-7-23-19;/h2-5,7,11,14H,6,8-10,12-13H2,1H3,(H2,22,24,25);1H. The Labute approximate surface area is 191 Å². The van der Waals surface area contributed by atoms with Gasteiger partial charge < -0.3 is 29.7 Å². The topological polar surface area (TPSA) is 80.2 Å². The lowest BCUT2D eigenvalue weighted by molar-refractivity contribution is 0.173. The normalized spacial score (nSPS) is 17.5. The average molecular weight is 529 g/mol. The number of pyridine rings is 1. The summed E-state index contributed by atoms with van der Waals surface area (Å²) in [5, 5.41) is 6.61. The van der Waals surface area contributed by atoms with Gasteiger partial charge in [0, 0.05) is 38.4 Å². The van der Waals surface area contributed by atoms with Crippen molar-refractivity contribution in [3.63, 3.8) is 0 Å². The summed E-state index contributed by atoms with van der Waals surface area (Å²) in [5.41, 5.74) is 0. The van der Waals surface area contributed by atoms with Crippen LogP contribution in [-0.2, 0) is 0 Å². The predicted octanol–water partition coefficient (Wildman–Crippen LogP) is 2.39. The fourth-order valence-corrected chi connectivity index (χ4v) is 3.37. The first-order valence-electron chi connectivity index (χ1n) is 9.58. The highest BCUT2D eigenvalue weighted by Gasteiger charge is 2.25. The molecule has 1 unspecified atom stereocenters. The molecule has 30 heavy (non-hydrogen) atoms. The number of fused-ring (bicyclic) bond motifs is 1. The zero-order chi connectivity index (χ0) is 20.1. The largest absolute Gasteiger partial charge is 0.492 e. The summed E-state index contributed by atoms with van der Waals surface area (Å²) in [7, 11) is 1.72. The number of nitrogens with one attached hydrogen (secondary N) is 2. The van der Waals surface area contributed by atoms with Gasteiger partial charge in [0.25, 0.3) is 0 Å². The van der Waals surface area contributed by atoms with Crippen LogP contribution in [0.3, 0.4) is 0 Å². The number of hydrogen-bond acceptors (Lipinski definition) is 6. The van der Waals surface area contributed by atoms with Crippen LogP contribution in [-0.4, -0.2) is 57.1 Å². The minimum atomic E-state index is -0.295. The molecule has 0 radical (unpaired) electrons. The maximum Gasteiger partial charge on any atom is 0.231 e. The first-order chi connectivity index (χ1) is 14.2. The van der Waals surface area contributed by atoms with E-state index < -0.39 is 0 Å². The Hall–Kier alpha value is -2.50. The van der Waals surface area contributed by atoms with Gasteiger partial charge in [-0.1, -0.05) is 0 Å². The minimum absolute atomic E-state index is 0. The van der Waals surface area contributed by atoms with Crippen LogP contribution in [0, 0.1) is 5.82 Å². The van der Waals surface area contributed by atoms with E-state index in [1.807, 2.05) is 23.1 Å². The number of aromatic nitrogens is 1. The van der Waals surface area contributed by atoms with Crippen LogP contribution in [0.2, 0.25) is 0 Å². The second-order valence-electron chi connectivity index (χ2n) is 6.75. The van der Waals surface area contributed by atoms with E-state index in [-0.39, 0.29) is 42.6 Å². The Kier molecular flexibility index (Phi) is 7.77. The number of ether oxygens (including phenoxy) is 3. The zero-order valence-corrected chi connectivity index (χ0v) is 19.0. The predicted molar refractivity (Wildman–Crippen MR) is 123 cm³/mol. The molecule has 0 saturated carbocycles. The van der Waals surface area contributed by atoms with Gasteiger partial charge in [0.1, 0.15) is 12.4 Å². The number of guanidine groups is 1. The molecule has 2 aromatic rings. The van der Waals surface area contributed by atoms with Crippen molar-refractivity contribution in [2.75, 3.05) is 45.0 Å². The molecule has 1 saturated heterocycles. The van der Waals surface area contributed by atoms with E-state index in [2.05, 4.69) is 20.6 Å². The lowest BCUT2D eigenvalue weighted by atomic mass is 10.3. The summed E-state index contributed by atoms with van der Waals surface area (Å²) in [6.45, 7) is 2.71. The van der Waals surface area contributed by atoms with E-state index in [1.54, 1.807) is 19.3 Å². The van der Waals surface area contributed by atoms with Gasteiger partial charge >= 0.3 is 0 Å². The van der Waals surface area contributed by atoms with Crippen molar-refractivity contribution in [2.24, 2.45) is 4.99 Å². The van der Waals surface area contributed by atoms with Crippen LogP contribution >= 0.6 is 24.0 Å². The van der Waals surface area contributed by atoms with Crippen LogP contribution in [0.15, 0.2) is 41.5 Å². The van der Waals surface area contributed by atoms with E-state index in [1.165, 1.54) is 6.07 Å². The molecule has 1 fully saturated rings. The highest BCUT2D eigenvalue weighted by atomic mass is 127. The number of rotatable bonds is 6. The summed E-state index contributed by atoms with van der Waals surface area (Å²) in [6, 6.07) is 8.70. The van der Waals surface area contributed by atoms with E-state index in [0.717, 1.165) is 24.5 Å². The monoisotopic (exact) mass is 529 g/mol. The molecule has 2 aliphatic heterocycles. The first kappa shape index (κ1) is 22.2. The molecular weight excluding hydrogens is 504 g/mol. The molecule has 2 N–H and O–H groups in total. The first-order valence-corrected chi connectivity index (χ1v) is 9.58. The van der Waals surface area contributed by atoms with Gasteiger partial charge in [-0.15, -0.1) is 24.0 Å². The van der Waals surface area contributed by atoms with Crippen molar-refractivity contribution < 1.29 is 18.6 Å². The molecule has 0 aliphatic carbocycles. The van der Waals surface area contributed by atoms with E-state index in [0.29, 0.717) is 37.2 Å². The van der Waals surface area contributed by atoms with Gasteiger partial charge in [-0.25, -0.2) is 9.37 Å². The summed E-state index contributed by atoms with van der Waals surface area (Å²) in [6.07, 6.45) is 2.49. The van der Waals surface area contributed by atoms with Crippen molar-refractivity contribution >= 4 is 35.8 Å². The molecule has 162 valence electrons. The third-order valence-electron chi connectivity index (χ3n) is 4.80. The number of anilines is 1. The summed E-state index contributed by atoms with van der Waals surface area (Å²) >= 11 is 0. The van der Waals surface area contributed by atoms with Crippen molar-refractivity contribution in [3.05, 3.63) is 42.3 Å². The van der Waals surface area contributed by atoms with Crippen LogP contribution in [0.5, 0.6) is 17.2 Å². The second-order valence-corrected chi connectivity index (χ2v) is 6.75. The Morgan fingerprint density at radius 2 is 2.20 bits per heavy atom. The van der Waals surface area contributed by atoms with Crippen LogP contribution in [0.1, 0.15) is 6.42 Å². The number of halogens is 2. The van der Waals surface area contributed by atoms with E-state index in [9.17, 15) is 4.39 Å². The third kappa shape index (κ3) is 5.35. The average Bonchev–Trinajstić information content (AvgIpc) is 3.39. The van der Waals surface area contributed by atoms with Gasteiger partial charge in [-0.05, 0) is 30.7 Å². The van der Waals surface area contributed by atoms with Crippen molar-refractivity contribution in [1.29, 1.82) is 0 Å². The molecule has 0 bridgehead atoms. The van der Waals surface area contributed by atoms with Gasteiger partial charge in [-0.2, -0.15) is 0 Å². The molecule has 0 spiro atoms. The van der Waals surface area contributed by atoms with Crippen LogP contribution < -0.4 is 29.7 Å². The Balaban J connectivity index is 0.00000256. The Morgan fingerprint density at radius 1 is 1.33 bits per heavy atom. The number of benzene rings is 1. The number of nitrogens with zero attached hydrogens (tertiary/aromatic N) is 3. The number of aliphatic imine (C=N–C) groups is 1. The smallest absolute Gasteiger partial charge is 0.231 e. The lowest BCUT2D eigenvalue weighted by Crippen LogP contribution is -2.45. The molecule has 1 aromatic carbocycles. The molecule has 1 atom stereocenters. The van der Waals surface area contributed by atoms with E-state index in [4.69, 9.17) is 14.2 Å². The SMILES string of the molecule is CN=C(NCCOc1ccc2c(c1)OCO2)NC1CCN(c2ncccc2F)C1.I. The molecule has 2 aliphatic rings. The molecular formula is C20H25FIN5O3. The molecule has 3 heterocycles. The van der Waals surface area contributed by atoms with E-state index >= 15 is 0 Å². The molecule has 10 heteroatoms. The van der Waals surface area contributed by atoms with Gasteiger partial charge in [0.05, 0.1) is 6.54 Å². The Morgan fingerprint density at radius 3 is 3.03 bits per heavy atom. The van der Waals surface area contributed by atoms with Gasteiger partial charge in [0.15, 0.2) is 29.1 Å². The fraction of sp³-hybridized carbons (Fsp3) is 0.400. The minimum Gasteiger partial charge on any atom is -0.492 e. The van der Waals surface area contributed by atoms with Crippen molar-refractivity contribution in [1.82, 2.24) is 15.6 Å². The second kappa shape index (κ2) is 10.5. The van der Waals surface area contributed by atoms with Gasteiger partial charge in [-0.3, -0.25) is 4.99 Å². The molecule has 8 nitrogen and oxygen atoms in total. The summed E-state index contributed by atoms with van der Waals surface area (Å²) in [5.74, 6) is 2.95. The highest BCUT2D eigenvalue weighted by Crippen LogP contribution is 2.35. The summed E-state index contributed by atoms with van der Waals surface area (Å²) in [4.78, 5) is 10.3. The van der Waals surface area contributed by atoms with Crippen molar-refractivity contribution in [3.8, 4) is 17.2 Å². The fourth-order valence-electron chi connectivity index (χ4n) is 3.37. The maximum absolute atomic E-state index is 13.9. The van der Waals surface area contributed by atoms with Gasteiger partial charge in [0.2, 0.25) is 6.79 Å². The quantitative estimate of drug-likeness (QED) is 0.258. The van der Waals surface area contributed by atoms with Crippen LogP contribution in [0.4, 0.5) is 10.2 Å². The third-order valence-corrected chi connectivity index (χ3v) is 4.80. The highest BCUT2D eigenvalue weighted by molar-refractivity contribution is 14.0. The van der Waals surface area contributed by atoms with Crippen molar-refractivity contribution in [2.45, 2.75) is 12.5 Å². The zero-order valence-electron chi connectivity index (χ0n) is 16.6. The summed E-state index contributed by atoms with van der Waals surface area (Å²) < 4.78 is 30.3. The molecule has 4 rings (SSSR count).